The molecule has 0 aromatic heterocycles. The van der Waals surface area contributed by atoms with Gasteiger partial charge in [-0.3, -0.25) is 4.79 Å². The Balaban J connectivity index is 1.57. The van der Waals surface area contributed by atoms with E-state index in [1.807, 2.05) is 24.3 Å². The zero-order valence-electron chi connectivity index (χ0n) is 13.2. The number of nitrogens with zero attached hydrogens (tertiary/aromatic N) is 2. The number of carbonyl (C=O) groups excluding carboxylic acids is 1. The minimum absolute atomic E-state index is 0.0509. The Morgan fingerprint density at radius 3 is 2.50 bits per heavy atom. The van der Waals surface area contributed by atoms with E-state index in [2.05, 4.69) is 4.90 Å². The summed E-state index contributed by atoms with van der Waals surface area (Å²) < 4.78 is 13.1. The normalized spacial score (nSPS) is 15.1. The molecular weight excluding hydrogens is 327 g/mol. The molecule has 0 radical (unpaired) electrons. The summed E-state index contributed by atoms with van der Waals surface area (Å²) in [6.07, 6.45) is 3.15. The topological polar surface area (TPSA) is 23.6 Å². The molecular formula is C19H18ClFN2O. The summed E-state index contributed by atoms with van der Waals surface area (Å²) >= 11 is 6.03. The zero-order chi connectivity index (χ0) is 16.9. The highest BCUT2D eigenvalue weighted by molar-refractivity contribution is 6.30. The first-order valence-electron chi connectivity index (χ1n) is 7.85. The monoisotopic (exact) mass is 344 g/mol. The molecule has 1 amide bonds. The third-order valence-electron chi connectivity index (χ3n) is 4.03. The summed E-state index contributed by atoms with van der Waals surface area (Å²) in [4.78, 5) is 16.3. The molecule has 0 N–H and O–H groups in total. The average Bonchev–Trinajstić information content (AvgIpc) is 2.60. The number of amides is 1. The van der Waals surface area contributed by atoms with Crippen LogP contribution in [0.4, 0.5) is 10.1 Å². The van der Waals surface area contributed by atoms with E-state index in [1.54, 1.807) is 23.1 Å². The van der Waals surface area contributed by atoms with Crippen LogP contribution in [0.5, 0.6) is 0 Å². The van der Waals surface area contributed by atoms with Crippen LogP contribution < -0.4 is 4.90 Å². The Labute approximate surface area is 145 Å². The SMILES string of the molecule is O=C(/C=C/c1cccc(F)c1)N1CCN(c2cccc(Cl)c2)CC1. The number of halogens is 2. The van der Waals surface area contributed by atoms with Crippen LogP contribution >= 0.6 is 11.6 Å². The number of hydrogen-bond donors (Lipinski definition) is 0. The van der Waals surface area contributed by atoms with Crippen molar-refractivity contribution in [1.29, 1.82) is 0 Å². The fraction of sp³-hybridized carbons (Fsp3) is 0.211. The molecule has 1 heterocycles. The number of carbonyl (C=O) groups is 1. The fourth-order valence-electron chi connectivity index (χ4n) is 2.74. The molecule has 124 valence electrons. The Hall–Kier alpha value is -2.33. The Kier molecular flexibility index (Phi) is 5.16. The first kappa shape index (κ1) is 16.5. The van der Waals surface area contributed by atoms with E-state index in [0.717, 1.165) is 18.8 Å². The van der Waals surface area contributed by atoms with Crippen molar-refractivity contribution in [3.63, 3.8) is 0 Å². The van der Waals surface area contributed by atoms with Crippen LogP contribution in [0.1, 0.15) is 5.56 Å². The van der Waals surface area contributed by atoms with Gasteiger partial charge in [0.05, 0.1) is 0 Å². The van der Waals surface area contributed by atoms with Crippen LogP contribution in [0.3, 0.4) is 0 Å². The van der Waals surface area contributed by atoms with Gasteiger partial charge in [0.25, 0.3) is 0 Å². The first-order valence-corrected chi connectivity index (χ1v) is 8.23. The van der Waals surface area contributed by atoms with Crippen molar-refractivity contribution >= 4 is 29.3 Å². The molecule has 1 saturated heterocycles. The summed E-state index contributed by atoms with van der Waals surface area (Å²) in [5.41, 5.74) is 1.76. The molecule has 0 unspecified atom stereocenters. The Morgan fingerprint density at radius 2 is 1.79 bits per heavy atom. The van der Waals surface area contributed by atoms with Crippen LogP contribution in [0.2, 0.25) is 5.02 Å². The van der Waals surface area contributed by atoms with Gasteiger partial charge in [0, 0.05) is 43.0 Å². The summed E-state index contributed by atoms with van der Waals surface area (Å²) in [5.74, 6) is -0.357. The van der Waals surface area contributed by atoms with Gasteiger partial charge in [-0.1, -0.05) is 29.8 Å². The largest absolute Gasteiger partial charge is 0.368 e. The third-order valence-corrected chi connectivity index (χ3v) is 4.27. The lowest BCUT2D eigenvalue weighted by Crippen LogP contribution is -2.48. The number of rotatable bonds is 3. The lowest BCUT2D eigenvalue weighted by atomic mass is 10.2. The van der Waals surface area contributed by atoms with Gasteiger partial charge in [0.2, 0.25) is 5.91 Å². The minimum atomic E-state index is -0.306. The molecule has 0 atom stereocenters. The van der Waals surface area contributed by atoms with Crippen molar-refractivity contribution in [3.05, 3.63) is 71.0 Å². The highest BCUT2D eigenvalue weighted by Gasteiger charge is 2.19. The van der Waals surface area contributed by atoms with Gasteiger partial charge >= 0.3 is 0 Å². The van der Waals surface area contributed by atoms with Crippen LogP contribution in [0.15, 0.2) is 54.6 Å². The zero-order valence-corrected chi connectivity index (χ0v) is 13.9. The molecule has 5 heteroatoms. The fourth-order valence-corrected chi connectivity index (χ4v) is 2.93. The molecule has 3 rings (SSSR count). The predicted octanol–water partition coefficient (Wildman–Crippen LogP) is 3.84. The van der Waals surface area contributed by atoms with Crippen molar-refractivity contribution in [2.75, 3.05) is 31.1 Å². The quantitative estimate of drug-likeness (QED) is 0.790. The Bertz CT molecular complexity index is 755. The highest BCUT2D eigenvalue weighted by atomic mass is 35.5. The van der Waals surface area contributed by atoms with E-state index >= 15 is 0 Å². The van der Waals surface area contributed by atoms with Crippen LogP contribution in [0, 0.1) is 5.82 Å². The lowest BCUT2D eigenvalue weighted by molar-refractivity contribution is -0.126. The van der Waals surface area contributed by atoms with Gasteiger partial charge in [-0.05, 0) is 42.0 Å². The minimum Gasteiger partial charge on any atom is -0.368 e. The average molecular weight is 345 g/mol. The first-order chi connectivity index (χ1) is 11.6. The predicted molar refractivity (Wildman–Crippen MR) is 95.7 cm³/mol. The molecule has 0 aliphatic carbocycles. The van der Waals surface area contributed by atoms with E-state index in [0.29, 0.717) is 23.7 Å². The van der Waals surface area contributed by atoms with Crippen LogP contribution in [0.25, 0.3) is 6.08 Å². The number of anilines is 1. The summed E-state index contributed by atoms with van der Waals surface area (Å²) in [7, 11) is 0. The van der Waals surface area contributed by atoms with Gasteiger partial charge in [0.15, 0.2) is 0 Å². The second kappa shape index (κ2) is 7.49. The van der Waals surface area contributed by atoms with Gasteiger partial charge in [-0.2, -0.15) is 0 Å². The third kappa shape index (κ3) is 4.15. The number of hydrogen-bond acceptors (Lipinski definition) is 2. The second-order valence-electron chi connectivity index (χ2n) is 5.68. The standard InChI is InChI=1S/C19H18ClFN2O/c20-16-4-2-6-18(14-16)22-9-11-23(12-10-22)19(24)8-7-15-3-1-5-17(21)13-15/h1-8,13-14H,9-12H2/b8-7+. The van der Waals surface area contributed by atoms with Crippen molar-refractivity contribution in [2.24, 2.45) is 0 Å². The molecule has 24 heavy (non-hydrogen) atoms. The van der Waals surface area contributed by atoms with Crippen molar-refractivity contribution in [2.45, 2.75) is 0 Å². The molecule has 1 fully saturated rings. The number of piperazine rings is 1. The maximum absolute atomic E-state index is 13.1. The molecule has 0 spiro atoms. The molecule has 2 aromatic rings. The van der Waals surface area contributed by atoms with Gasteiger partial charge in [-0.15, -0.1) is 0 Å². The molecule has 0 bridgehead atoms. The number of benzene rings is 2. The van der Waals surface area contributed by atoms with Crippen molar-refractivity contribution in [1.82, 2.24) is 4.90 Å². The van der Waals surface area contributed by atoms with Gasteiger partial charge < -0.3 is 9.80 Å². The molecule has 2 aromatic carbocycles. The van der Waals surface area contributed by atoms with Crippen molar-refractivity contribution < 1.29 is 9.18 Å². The smallest absolute Gasteiger partial charge is 0.246 e. The van der Waals surface area contributed by atoms with E-state index in [1.165, 1.54) is 18.2 Å². The molecule has 0 saturated carbocycles. The Morgan fingerprint density at radius 1 is 1.04 bits per heavy atom. The van der Waals surface area contributed by atoms with Gasteiger partial charge in [0.1, 0.15) is 5.82 Å². The molecule has 1 aliphatic heterocycles. The maximum atomic E-state index is 13.1. The second-order valence-corrected chi connectivity index (χ2v) is 6.12. The van der Waals surface area contributed by atoms with E-state index < -0.39 is 0 Å². The molecule has 1 aliphatic rings. The van der Waals surface area contributed by atoms with E-state index in [-0.39, 0.29) is 11.7 Å². The van der Waals surface area contributed by atoms with E-state index in [9.17, 15) is 9.18 Å². The maximum Gasteiger partial charge on any atom is 0.246 e. The van der Waals surface area contributed by atoms with Gasteiger partial charge in [-0.25, -0.2) is 4.39 Å². The van der Waals surface area contributed by atoms with E-state index in [4.69, 9.17) is 11.6 Å². The summed E-state index contributed by atoms with van der Waals surface area (Å²) in [6, 6.07) is 13.9. The van der Waals surface area contributed by atoms with Crippen molar-refractivity contribution in [3.8, 4) is 0 Å². The molecule has 3 nitrogen and oxygen atoms in total. The van der Waals surface area contributed by atoms with Crippen LogP contribution in [-0.4, -0.2) is 37.0 Å². The summed E-state index contributed by atoms with van der Waals surface area (Å²) in [5, 5.41) is 0.712. The summed E-state index contributed by atoms with van der Waals surface area (Å²) in [6.45, 7) is 2.83. The lowest BCUT2D eigenvalue weighted by Gasteiger charge is -2.35. The highest BCUT2D eigenvalue weighted by Crippen LogP contribution is 2.20. The van der Waals surface area contributed by atoms with Crippen LogP contribution in [-0.2, 0) is 4.79 Å².